The molecule has 1 aromatic rings. The summed E-state index contributed by atoms with van der Waals surface area (Å²) in [5.41, 5.74) is 6.23. The highest BCUT2D eigenvalue weighted by Crippen LogP contribution is 2.13. The number of ether oxygens (including phenoxy) is 1. The molecular formula is C13H20N2O2. The number of amides is 1. The number of anilines is 1. The second-order valence-electron chi connectivity index (χ2n) is 4.39. The highest BCUT2D eigenvalue weighted by molar-refractivity contribution is 5.77. The summed E-state index contributed by atoms with van der Waals surface area (Å²) in [5.74, 6) is 1.10. The molecule has 0 aliphatic heterocycles. The van der Waals surface area contributed by atoms with Crippen LogP contribution in [0.3, 0.4) is 0 Å². The molecule has 0 unspecified atom stereocenters. The molecule has 4 heteroatoms. The predicted octanol–water partition coefficient (Wildman–Crippen LogP) is 1.81. The fourth-order valence-corrected chi connectivity index (χ4v) is 1.30. The summed E-state index contributed by atoms with van der Waals surface area (Å²) in [6.45, 7) is 4.96. The molecule has 0 heterocycles. The van der Waals surface area contributed by atoms with Crippen molar-refractivity contribution < 1.29 is 9.53 Å². The Morgan fingerprint density at radius 2 is 2.24 bits per heavy atom. The third-order valence-electron chi connectivity index (χ3n) is 2.27. The Labute approximate surface area is 102 Å². The molecule has 0 fully saturated rings. The quantitative estimate of drug-likeness (QED) is 0.740. The predicted molar refractivity (Wildman–Crippen MR) is 68.8 cm³/mol. The van der Waals surface area contributed by atoms with E-state index in [-0.39, 0.29) is 12.5 Å². The number of nitrogens with two attached hydrogens (primary N) is 1. The second-order valence-corrected chi connectivity index (χ2v) is 4.39. The molecule has 0 spiro atoms. The number of carbonyl (C=O) groups excluding carboxylic acids is 1. The first-order valence-corrected chi connectivity index (χ1v) is 5.83. The van der Waals surface area contributed by atoms with Crippen molar-refractivity contribution in [2.24, 2.45) is 5.92 Å². The van der Waals surface area contributed by atoms with Gasteiger partial charge in [-0.3, -0.25) is 4.79 Å². The first-order chi connectivity index (χ1) is 8.08. The van der Waals surface area contributed by atoms with Crippen molar-refractivity contribution in [1.82, 2.24) is 5.32 Å². The number of hydrogen-bond donors (Lipinski definition) is 2. The molecular weight excluding hydrogens is 216 g/mol. The average Bonchev–Trinajstić information content (AvgIpc) is 2.26. The van der Waals surface area contributed by atoms with Crippen LogP contribution in [0.5, 0.6) is 5.75 Å². The van der Waals surface area contributed by atoms with Crippen molar-refractivity contribution in [2.75, 3.05) is 18.9 Å². The molecule has 0 aliphatic rings. The second kappa shape index (κ2) is 6.78. The Morgan fingerprint density at radius 1 is 1.47 bits per heavy atom. The summed E-state index contributed by atoms with van der Waals surface area (Å²) < 4.78 is 5.31. The molecule has 0 saturated heterocycles. The maximum atomic E-state index is 11.4. The van der Waals surface area contributed by atoms with E-state index < -0.39 is 0 Å². The van der Waals surface area contributed by atoms with Gasteiger partial charge in [0.05, 0.1) is 0 Å². The van der Waals surface area contributed by atoms with Crippen LogP contribution in [0.2, 0.25) is 0 Å². The summed E-state index contributed by atoms with van der Waals surface area (Å²) in [4.78, 5) is 11.4. The molecule has 0 aliphatic carbocycles. The van der Waals surface area contributed by atoms with Crippen LogP contribution in [0.15, 0.2) is 24.3 Å². The summed E-state index contributed by atoms with van der Waals surface area (Å²) in [7, 11) is 0. The van der Waals surface area contributed by atoms with Crippen molar-refractivity contribution in [1.29, 1.82) is 0 Å². The normalized spacial score (nSPS) is 10.3. The molecule has 0 aromatic heterocycles. The standard InChI is InChI=1S/C13H20N2O2/c1-10(2)6-7-15-13(16)9-17-12-5-3-4-11(14)8-12/h3-5,8,10H,6-7,9,14H2,1-2H3,(H,15,16). The van der Waals surface area contributed by atoms with E-state index in [2.05, 4.69) is 19.2 Å². The van der Waals surface area contributed by atoms with Crippen LogP contribution in [0.4, 0.5) is 5.69 Å². The van der Waals surface area contributed by atoms with E-state index in [0.717, 1.165) is 6.42 Å². The SMILES string of the molecule is CC(C)CCNC(=O)COc1cccc(N)c1. The van der Waals surface area contributed by atoms with E-state index in [1.165, 1.54) is 0 Å². The minimum atomic E-state index is -0.104. The van der Waals surface area contributed by atoms with Gasteiger partial charge in [-0.25, -0.2) is 0 Å². The van der Waals surface area contributed by atoms with Crippen molar-refractivity contribution >= 4 is 11.6 Å². The van der Waals surface area contributed by atoms with Gasteiger partial charge >= 0.3 is 0 Å². The molecule has 94 valence electrons. The first-order valence-electron chi connectivity index (χ1n) is 5.83. The monoisotopic (exact) mass is 236 g/mol. The van der Waals surface area contributed by atoms with Crippen LogP contribution in [0.1, 0.15) is 20.3 Å². The highest BCUT2D eigenvalue weighted by Gasteiger charge is 2.03. The lowest BCUT2D eigenvalue weighted by atomic mass is 10.1. The maximum Gasteiger partial charge on any atom is 0.257 e. The Hall–Kier alpha value is -1.71. The Bertz CT molecular complexity index is 364. The fourth-order valence-electron chi connectivity index (χ4n) is 1.30. The van der Waals surface area contributed by atoms with Crippen LogP contribution in [0, 0.1) is 5.92 Å². The Balaban J connectivity index is 2.24. The zero-order valence-electron chi connectivity index (χ0n) is 10.4. The van der Waals surface area contributed by atoms with Crippen molar-refractivity contribution in [3.8, 4) is 5.75 Å². The Morgan fingerprint density at radius 3 is 2.88 bits per heavy atom. The minimum absolute atomic E-state index is 0.0293. The number of rotatable bonds is 6. The van der Waals surface area contributed by atoms with Gasteiger partial charge < -0.3 is 15.8 Å². The molecule has 3 N–H and O–H groups in total. The van der Waals surface area contributed by atoms with Gasteiger partial charge in [-0.1, -0.05) is 19.9 Å². The van der Waals surface area contributed by atoms with E-state index in [4.69, 9.17) is 10.5 Å². The molecule has 1 aromatic carbocycles. The van der Waals surface area contributed by atoms with Crippen molar-refractivity contribution in [3.63, 3.8) is 0 Å². The topological polar surface area (TPSA) is 64.3 Å². The van der Waals surface area contributed by atoms with E-state index in [0.29, 0.717) is 23.9 Å². The lowest BCUT2D eigenvalue weighted by Crippen LogP contribution is -2.30. The summed E-state index contributed by atoms with van der Waals surface area (Å²) in [6.07, 6.45) is 0.976. The third kappa shape index (κ3) is 5.80. The van der Waals surface area contributed by atoms with Crippen molar-refractivity contribution in [2.45, 2.75) is 20.3 Å². The van der Waals surface area contributed by atoms with Gasteiger partial charge in [0.1, 0.15) is 5.75 Å². The lowest BCUT2D eigenvalue weighted by molar-refractivity contribution is -0.123. The van der Waals surface area contributed by atoms with E-state index in [9.17, 15) is 4.79 Å². The van der Waals surface area contributed by atoms with E-state index >= 15 is 0 Å². The van der Waals surface area contributed by atoms with Crippen LogP contribution in [-0.2, 0) is 4.79 Å². The average molecular weight is 236 g/mol. The van der Waals surface area contributed by atoms with Crippen LogP contribution >= 0.6 is 0 Å². The number of nitrogen functional groups attached to an aromatic ring is 1. The van der Waals surface area contributed by atoms with Gasteiger partial charge in [0, 0.05) is 18.3 Å². The number of carbonyl (C=O) groups is 1. The zero-order chi connectivity index (χ0) is 12.7. The van der Waals surface area contributed by atoms with Gasteiger partial charge in [0.2, 0.25) is 0 Å². The van der Waals surface area contributed by atoms with Gasteiger partial charge in [0.15, 0.2) is 6.61 Å². The molecule has 17 heavy (non-hydrogen) atoms. The molecule has 1 rings (SSSR count). The van der Waals surface area contributed by atoms with Gasteiger partial charge in [-0.2, -0.15) is 0 Å². The lowest BCUT2D eigenvalue weighted by Gasteiger charge is -2.08. The largest absolute Gasteiger partial charge is 0.484 e. The zero-order valence-corrected chi connectivity index (χ0v) is 10.4. The maximum absolute atomic E-state index is 11.4. The first kappa shape index (κ1) is 13.4. The van der Waals surface area contributed by atoms with E-state index in [1.807, 2.05) is 0 Å². The van der Waals surface area contributed by atoms with Gasteiger partial charge in [-0.05, 0) is 24.5 Å². The molecule has 1 amide bonds. The molecule has 4 nitrogen and oxygen atoms in total. The Kier molecular flexibility index (Phi) is 5.33. The smallest absolute Gasteiger partial charge is 0.257 e. The number of benzene rings is 1. The van der Waals surface area contributed by atoms with Crippen LogP contribution in [-0.4, -0.2) is 19.1 Å². The van der Waals surface area contributed by atoms with E-state index in [1.54, 1.807) is 24.3 Å². The van der Waals surface area contributed by atoms with Crippen LogP contribution in [0.25, 0.3) is 0 Å². The molecule has 0 bridgehead atoms. The van der Waals surface area contributed by atoms with Gasteiger partial charge in [0.25, 0.3) is 5.91 Å². The summed E-state index contributed by atoms with van der Waals surface area (Å²) in [6, 6.07) is 7.04. The fraction of sp³-hybridized carbons (Fsp3) is 0.462. The summed E-state index contributed by atoms with van der Waals surface area (Å²) >= 11 is 0. The minimum Gasteiger partial charge on any atom is -0.484 e. The number of hydrogen-bond acceptors (Lipinski definition) is 3. The molecule has 0 atom stereocenters. The summed E-state index contributed by atoms with van der Waals surface area (Å²) in [5, 5.41) is 2.80. The van der Waals surface area contributed by atoms with Crippen LogP contribution < -0.4 is 15.8 Å². The molecule has 0 saturated carbocycles. The molecule has 0 radical (unpaired) electrons. The third-order valence-corrected chi connectivity index (χ3v) is 2.27. The van der Waals surface area contributed by atoms with Gasteiger partial charge in [-0.15, -0.1) is 0 Å². The number of nitrogens with one attached hydrogen (secondary N) is 1. The highest BCUT2D eigenvalue weighted by atomic mass is 16.5. The van der Waals surface area contributed by atoms with Crippen molar-refractivity contribution in [3.05, 3.63) is 24.3 Å².